The van der Waals surface area contributed by atoms with E-state index in [-0.39, 0.29) is 5.56 Å². The number of aromatic amines is 1. The molecule has 0 spiro atoms. The summed E-state index contributed by atoms with van der Waals surface area (Å²) in [5, 5.41) is 0.634. The third-order valence-corrected chi connectivity index (χ3v) is 3.16. The highest BCUT2D eigenvalue weighted by molar-refractivity contribution is 7.98. The van der Waals surface area contributed by atoms with Crippen molar-refractivity contribution in [1.29, 1.82) is 0 Å². The molecule has 0 aliphatic heterocycles. The summed E-state index contributed by atoms with van der Waals surface area (Å²) in [7, 11) is 0. The lowest BCUT2D eigenvalue weighted by Gasteiger charge is -2.02. The Morgan fingerprint density at radius 1 is 1.38 bits per heavy atom. The molecule has 0 amide bonds. The first-order valence-corrected chi connectivity index (χ1v) is 6.22. The first kappa shape index (κ1) is 11.2. The summed E-state index contributed by atoms with van der Waals surface area (Å²) in [5.41, 5.74) is 6.07. The highest BCUT2D eigenvalue weighted by Gasteiger charge is 2.02. The minimum Gasteiger partial charge on any atom is -0.330 e. The van der Waals surface area contributed by atoms with Gasteiger partial charge in [0.2, 0.25) is 0 Å². The van der Waals surface area contributed by atoms with E-state index in [0.717, 1.165) is 11.3 Å². The normalized spacial score (nSPS) is 10.8. The van der Waals surface area contributed by atoms with Crippen LogP contribution >= 0.6 is 11.8 Å². The Kier molecular flexibility index (Phi) is 3.58. The molecule has 0 saturated carbocycles. The second kappa shape index (κ2) is 5.14. The summed E-state index contributed by atoms with van der Waals surface area (Å²) in [6.07, 6.45) is 0. The standard InChI is InChI=1S/C11H13N3OS/c12-5-6-16-7-10-13-9-4-2-1-3-8(9)11(15)14-10/h1-4H,5-7,12H2,(H,13,14,15). The number of hydrogen-bond acceptors (Lipinski definition) is 4. The molecule has 1 heterocycles. The lowest BCUT2D eigenvalue weighted by Crippen LogP contribution is -2.11. The van der Waals surface area contributed by atoms with Crippen molar-refractivity contribution in [2.45, 2.75) is 5.75 Å². The smallest absolute Gasteiger partial charge is 0.258 e. The maximum atomic E-state index is 11.7. The van der Waals surface area contributed by atoms with Crippen LogP contribution in [0.1, 0.15) is 5.82 Å². The molecule has 0 bridgehead atoms. The molecule has 1 aromatic heterocycles. The average molecular weight is 235 g/mol. The summed E-state index contributed by atoms with van der Waals surface area (Å²) in [6, 6.07) is 7.34. The maximum Gasteiger partial charge on any atom is 0.258 e. The summed E-state index contributed by atoms with van der Waals surface area (Å²) < 4.78 is 0. The molecule has 0 saturated heterocycles. The fourth-order valence-electron chi connectivity index (χ4n) is 1.46. The third-order valence-electron chi connectivity index (χ3n) is 2.16. The van der Waals surface area contributed by atoms with Crippen LogP contribution in [0.25, 0.3) is 10.9 Å². The summed E-state index contributed by atoms with van der Waals surface area (Å²) >= 11 is 1.67. The number of thioether (sulfide) groups is 1. The van der Waals surface area contributed by atoms with Gasteiger partial charge in [0.25, 0.3) is 5.56 Å². The van der Waals surface area contributed by atoms with E-state index in [1.807, 2.05) is 18.2 Å². The number of para-hydroxylation sites is 1. The third kappa shape index (κ3) is 2.43. The van der Waals surface area contributed by atoms with E-state index < -0.39 is 0 Å². The summed E-state index contributed by atoms with van der Waals surface area (Å²) in [5.74, 6) is 2.27. The quantitative estimate of drug-likeness (QED) is 0.779. The Hall–Kier alpha value is -1.33. The van der Waals surface area contributed by atoms with Gasteiger partial charge in [-0.25, -0.2) is 4.98 Å². The fraction of sp³-hybridized carbons (Fsp3) is 0.273. The van der Waals surface area contributed by atoms with Crippen molar-refractivity contribution in [3.8, 4) is 0 Å². The summed E-state index contributed by atoms with van der Waals surface area (Å²) in [4.78, 5) is 18.9. The molecule has 5 heteroatoms. The van der Waals surface area contributed by atoms with E-state index in [1.165, 1.54) is 0 Å². The van der Waals surface area contributed by atoms with Crippen LogP contribution < -0.4 is 11.3 Å². The average Bonchev–Trinajstić information content (AvgIpc) is 2.30. The van der Waals surface area contributed by atoms with Gasteiger partial charge in [0, 0.05) is 12.3 Å². The van der Waals surface area contributed by atoms with E-state index >= 15 is 0 Å². The number of rotatable bonds is 4. The molecule has 2 aromatic rings. The Morgan fingerprint density at radius 3 is 3.00 bits per heavy atom. The van der Waals surface area contributed by atoms with Gasteiger partial charge < -0.3 is 10.7 Å². The van der Waals surface area contributed by atoms with Crippen molar-refractivity contribution in [1.82, 2.24) is 9.97 Å². The number of hydrogen-bond donors (Lipinski definition) is 2. The molecule has 1 aromatic carbocycles. The highest BCUT2D eigenvalue weighted by atomic mass is 32.2. The van der Waals surface area contributed by atoms with Gasteiger partial charge >= 0.3 is 0 Å². The van der Waals surface area contributed by atoms with Crippen molar-refractivity contribution in [3.63, 3.8) is 0 Å². The SMILES string of the molecule is NCCSCc1nc2ccccc2c(=O)[nH]1. The lowest BCUT2D eigenvalue weighted by atomic mass is 10.2. The topological polar surface area (TPSA) is 71.8 Å². The van der Waals surface area contributed by atoms with Crippen LogP contribution in [0.4, 0.5) is 0 Å². The zero-order valence-corrected chi connectivity index (χ0v) is 9.59. The van der Waals surface area contributed by atoms with Crippen LogP contribution in [0, 0.1) is 0 Å². The second-order valence-corrected chi connectivity index (χ2v) is 4.48. The molecule has 0 radical (unpaired) electrons. The minimum atomic E-state index is -0.0750. The molecule has 0 aliphatic rings. The van der Waals surface area contributed by atoms with Crippen molar-refractivity contribution in [3.05, 3.63) is 40.4 Å². The molecule has 2 rings (SSSR count). The number of fused-ring (bicyclic) bond motifs is 1. The monoisotopic (exact) mass is 235 g/mol. The molecule has 0 aliphatic carbocycles. The predicted molar refractivity (Wildman–Crippen MR) is 67.6 cm³/mol. The number of nitrogens with two attached hydrogens (primary N) is 1. The molecule has 84 valence electrons. The summed E-state index contributed by atoms with van der Waals surface area (Å²) in [6.45, 7) is 0.641. The van der Waals surface area contributed by atoms with Gasteiger partial charge in [-0.1, -0.05) is 12.1 Å². The molecule has 4 nitrogen and oxygen atoms in total. The van der Waals surface area contributed by atoms with Crippen molar-refractivity contribution in [2.24, 2.45) is 5.73 Å². The molecule has 0 unspecified atom stereocenters. The number of nitrogens with one attached hydrogen (secondary N) is 1. The molecule has 0 atom stereocenters. The van der Waals surface area contributed by atoms with Gasteiger partial charge in [-0.15, -0.1) is 0 Å². The predicted octanol–water partition coefficient (Wildman–Crippen LogP) is 1.11. The molecule has 16 heavy (non-hydrogen) atoms. The van der Waals surface area contributed by atoms with Crippen molar-refractivity contribution < 1.29 is 0 Å². The van der Waals surface area contributed by atoms with Gasteiger partial charge in [0.05, 0.1) is 16.7 Å². The van der Waals surface area contributed by atoms with Crippen LogP contribution in [-0.4, -0.2) is 22.3 Å². The molecule has 3 N–H and O–H groups in total. The van der Waals surface area contributed by atoms with Crippen molar-refractivity contribution >= 4 is 22.7 Å². The first-order valence-electron chi connectivity index (χ1n) is 5.07. The van der Waals surface area contributed by atoms with Gasteiger partial charge in [-0.3, -0.25) is 4.79 Å². The number of aromatic nitrogens is 2. The van der Waals surface area contributed by atoms with E-state index in [4.69, 9.17) is 5.73 Å². The fourth-order valence-corrected chi connectivity index (χ4v) is 2.10. The van der Waals surface area contributed by atoms with Crippen LogP contribution in [0.5, 0.6) is 0 Å². The zero-order chi connectivity index (χ0) is 11.4. The van der Waals surface area contributed by atoms with E-state index in [2.05, 4.69) is 9.97 Å². The van der Waals surface area contributed by atoms with Gasteiger partial charge in [-0.05, 0) is 12.1 Å². The number of nitrogens with zero attached hydrogens (tertiary/aromatic N) is 1. The van der Waals surface area contributed by atoms with Gasteiger partial charge in [0.15, 0.2) is 0 Å². The largest absolute Gasteiger partial charge is 0.330 e. The van der Waals surface area contributed by atoms with Crippen LogP contribution in [0.15, 0.2) is 29.1 Å². The number of H-pyrrole nitrogens is 1. The Morgan fingerprint density at radius 2 is 2.19 bits per heavy atom. The first-order chi connectivity index (χ1) is 7.81. The Labute approximate surface area is 97.3 Å². The second-order valence-electron chi connectivity index (χ2n) is 3.37. The number of benzene rings is 1. The van der Waals surface area contributed by atoms with E-state index in [0.29, 0.717) is 23.5 Å². The van der Waals surface area contributed by atoms with Gasteiger partial charge in [0.1, 0.15) is 5.82 Å². The van der Waals surface area contributed by atoms with E-state index in [9.17, 15) is 4.79 Å². The molecular weight excluding hydrogens is 222 g/mol. The highest BCUT2D eigenvalue weighted by Crippen LogP contribution is 2.10. The van der Waals surface area contributed by atoms with Crippen molar-refractivity contribution in [2.75, 3.05) is 12.3 Å². The lowest BCUT2D eigenvalue weighted by molar-refractivity contribution is 1.04. The van der Waals surface area contributed by atoms with E-state index in [1.54, 1.807) is 17.8 Å². The molecule has 0 fully saturated rings. The van der Waals surface area contributed by atoms with Crippen LogP contribution in [0.2, 0.25) is 0 Å². The Bertz CT molecular complexity index is 538. The zero-order valence-electron chi connectivity index (χ0n) is 8.77. The minimum absolute atomic E-state index is 0.0750. The maximum absolute atomic E-state index is 11.7. The van der Waals surface area contributed by atoms with Gasteiger partial charge in [-0.2, -0.15) is 11.8 Å². The van der Waals surface area contributed by atoms with Crippen LogP contribution in [0.3, 0.4) is 0 Å². The van der Waals surface area contributed by atoms with Crippen LogP contribution in [-0.2, 0) is 5.75 Å². The molecular formula is C11H13N3OS. The Balaban J connectivity index is 2.31.